The van der Waals surface area contributed by atoms with Crippen molar-refractivity contribution in [3.63, 3.8) is 0 Å². The first-order valence-corrected chi connectivity index (χ1v) is 6.94. The van der Waals surface area contributed by atoms with Crippen molar-refractivity contribution >= 4 is 22.5 Å². The Labute approximate surface area is 121 Å². The standard InChI is InChI=1S/C15H15ClFN3/c1-3-20-14(15(16)10(2)18-20)9-19-7-6-11-8-12(17)4-5-13(11)19/h4-8H,3,9H2,1-2H3. The summed E-state index contributed by atoms with van der Waals surface area (Å²) in [6.07, 6.45) is 1.95. The molecule has 0 unspecified atom stereocenters. The highest BCUT2D eigenvalue weighted by Gasteiger charge is 2.13. The molecular formula is C15H15ClFN3. The van der Waals surface area contributed by atoms with Crippen LogP contribution in [0.1, 0.15) is 18.3 Å². The smallest absolute Gasteiger partial charge is 0.123 e. The number of benzene rings is 1. The lowest BCUT2D eigenvalue weighted by atomic mass is 10.2. The van der Waals surface area contributed by atoms with Gasteiger partial charge in [0.15, 0.2) is 0 Å². The fraction of sp³-hybridized carbons (Fsp3) is 0.267. The molecule has 3 aromatic rings. The van der Waals surface area contributed by atoms with E-state index in [0.717, 1.165) is 28.8 Å². The summed E-state index contributed by atoms with van der Waals surface area (Å²) in [6.45, 7) is 5.34. The highest BCUT2D eigenvalue weighted by atomic mass is 35.5. The number of nitrogens with zero attached hydrogens (tertiary/aromatic N) is 3. The Balaban J connectivity index is 2.05. The number of hydrogen-bond acceptors (Lipinski definition) is 1. The van der Waals surface area contributed by atoms with E-state index in [1.165, 1.54) is 12.1 Å². The van der Waals surface area contributed by atoms with Gasteiger partial charge < -0.3 is 4.57 Å². The van der Waals surface area contributed by atoms with Crippen molar-refractivity contribution in [1.29, 1.82) is 0 Å². The van der Waals surface area contributed by atoms with E-state index in [9.17, 15) is 4.39 Å². The molecule has 104 valence electrons. The predicted molar refractivity (Wildman–Crippen MR) is 78.6 cm³/mol. The second-order valence-corrected chi connectivity index (χ2v) is 5.19. The molecule has 2 heterocycles. The Kier molecular flexibility index (Phi) is 3.26. The summed E-state index contributed by atoms with van der Waals surface area (Å²) >= 11 is 6.33. The third-order valence-corrected chi connectivity index (χ3v) is 4.00. The molecule has 3 nitrogen and oxygen atoms in total. The van der Waals surface area contributed by atoms with Crippen LogP contribution in [0.15, 0.2) is 30.5 Å². The molecule has 0 aliphatic carbocycles. The predicted octanol–water partition coefficient (Wildman–Crippen LogP) is 4.01. The van der Waals surface area contributed by atoms with Gasteiger partial charge in [0.2, 0.25) is 0 Å². The summed E-state index contributed by atoms with van der Waals surface area (Å²) in [5.74, 6) is -0.220. The van der Waals surface area contributed by atoms with Gasteiger partial charge >= 0.3 is 0 Å². The Morgan fingerprint density at radius 3 is 2.85 bits per heavy atom. The number of aryl methyl sites for hydroxylation is 2. The van der Waals surface area contributed by atoms with Crippen molar-refractivity contribution in [2.24, 2.45) is 0 Å². The van der Waals surface area contributed by atoms with E-state index in [-0.39, 0.29) is 5.82 Å². The molecule has 0 N–H and O–H groups in total. The molecular weight excluding hydrogens is 277 g/mol. The van der Waals surface area contributed by atoms with Crippen LogP contribution in [0.3, 0.4) is 0 Å². The van der Waals surface area contributed by atoms with E-state index in [4.69, 9.17) is 11.6 Å². The van der Waals surface area contributed by atoms with E-state index in [1.54, 1.807) is 6.07 Å². The topological polar surface area (TPSA) is 22.8 Å². The largest absolute Gasteiger partial charge is 0.341 e. The summed E-state index contributed by atoms with van der Waals surface area (Å²) in [5.41, 5.74) is 2.81. The maximum atomic E-state index is 13.2. The van der Waals surface area contributed by atoms with Crippen molar-refractivity contribution in [2.45, 2.75) is 26.9 Å². The van der Waals surface area contributed by atoms with Gasteiger partial charge in [-0.25, -0.2) is 4.39 Å². The fourth-order valence-electron chi connectivity index (χ4n) is 2.49. The molecule has 0 saturated carbocycles. The molecule has 0 radical (unpaired) electrons. The zero-order chi connectivity index (χ0) is 14.3. The van der Waals surface area contributed by atoms with Crippen molar-refractivity contribution < 1.29 is 4.39 Å². The minimum absolute atomic E-state index is 0.220. The van der Waals surface area contributed by atoms with E-state index < -0.39 is 0 Å². The number of fused-ring (bicyclic) bond motifs is 1. The molecule has 0 saturated heterocycles. The highest BCUT2D eigenvalue weighted by molar-refractivity contribution is 6.31. The lowest BCUT2D eigenvalue weighted by Crippen LogP contribution is -2.07. The third-order valence-electron chi connectivity index (χ3n) is 3.51. The first-order valence-electron chi connectivity index (χ1n) is 6.56. The second kappa shape index (κ2) is 4.94. The van der Waals surface area contributed by atoms with Gasteiger partial charge in [-0.2, -0.15) is 5.10 Å². The fourth-order valence-corrected chi connectivity index (χ4v) is 2.69. The van der Waals surface area contributed by atoms with Crippen LogP contribution >= 0.6 is 11.6 Å². The van der Waals surface area contributed by atoms with Crippen molar-refractivity contribution in [2.75, 3.05) is 0 Å². The van der Waals surface area contributed by atoms with Crippen molar-refractivity contribution in [3.8, 4) is 0 Å². The molecule has 20 heavy (non-hydrogen) atoms. The van der Waals surface area contributed by atoms with Gasteiger partial charge in [-0.3, -0.25) is 4.68 Å². The van der Waals surface area contributed by atoms with Crippen LogP contribution in [0, 0.1) is 12.7 Å². The van der Waals surface area contributed by atoms with E-state index >= 15 is 0 Å². The van der Waals surface area contributed by atoms with Crippen LogP contribution in [0.2, 0.25) is 5.02 Å². The van der Waals surface area contributed by atoms with Crippen molar-refractivity contribution in [1.82, 2.24) is 14.3 Å². The summed E-state index contributed by atoms with van der Waals surface area (Å²) in [6, 6.07) is 6.71. The lowest BCUT2D eigenvalue weighted by molar-refractivity contribution is 0.601. The average Bonchev–Trinajstić information content (AvgIpc) is 2.94. The van der Waals surface area contributed by atoms with Crippen molar-refractivity contribution in [3.05, 3.63) is 52.7 Å². The number of halogens is 2. The van der Waals surface area contributed by atoms with Crippen LogP contribution in [-0.2, 0) is 13.1 Å². The normalized spacial score (nSPS) is 11.4. The number of hydrogen-bond donors (Lipinski definition) is 0. The van der Waals surface area contributed by atoms with Gasteiger partial charge in [0.25, 0.3) is 0 Å². The van der Waals surface area contributed by atoms with E-state index in [0.29, 0.717) is 11.6 Å². The molecule has 3 rings (SSSR count). The molecule has 0 atom stereocenters. The second-order valence-electron chi connectivity index (χ2n) is 4.81. The lowest BCUT2D eigenvalue weighted by Gasteiger charge is -2.08. The molecule has 0 fully saturated rings. The van der Waals surface area contributed by atoms with E-state index in [2.05, 4.69) is 9.67 Å². The van der Waals surface area contributed by atoms with Crippen LogP contribution in [-0.4, -0.2) is 14.3 Å². The first kappa shape index (κ1) is 13.2. The first-order chi connectivity index (χ1) is 9.60. The Hall–Kier alpha value is -1.81. The van der Waals surface area contributed by atoms with Gasteiger partial charge in [-0.15, -0.1) is 0 Å². The minimum atomic E-state index is -0.220. The van der Waals surface area contributed by atoms with Crippen LogP contribution in [0.4, 0.5) is 4.39 Å². The molecule has 0 aliphatic rings. The Morgan fingerprint density at radius 2 is 2.10 bits per heavy atom. The Morgan fingerprint density at radius 1 is 1.30 bits per heavy atom. The maximum Gasteiger partial charge on any atom is 0.123 e. The maximum absolute atomic E-state index is 13.2. The molecule has 5 heteroatoms. The summed E-state index contributed by atoms with van der Waals surface area (Å²) < 4.78 is 17.2. The number of aromatic nitrogens is 3. The molecule has 0 aliphatic heterocycles. The van der Waals surface area contributed by atoms with Gasteiger partial charge in [0.05, 0.1) is 23.0 Å². The van der Waals surface area contributed by atoms with Gasteiger partial charge in [0, 0.05) is 23.6 Å². The van der Waals surface area contributed by atoms with E-state index in [1.807, 2.05) is 30.8 Å². The third kappa shape index (κ3) is 2.10. The quantitative estimate of drug-likeness (QED) is 0.715. The average molecular weight is 292 g/mol. The van der Waals surface area contributed by atoms with Gasteiger partial charge in [0.1, 0.15) is 5.82 Å². The van der Waals surface area contributed by atoms with Gasteiger partial charge in [-0.05, 0) is 38.1 Å². The monoisotopic (exact) mass is 291 g/mol. The zero-order valence-electron chi connectivity index (χ0n) is 11.4. The summed E-state index contributed by atoms with van der Waals surface area (Å²) in [7, 11) is 0. The minimum Gasteiger partial charge on any atom is -0.341 e. The molecule has 0 amide bonds. The molecule has 2 aromatic heterocycles. The molecule has 1 aromatic carbocycles. The molecule has 0 bridgehead atoms. The molecule has 0 spiro atoms. The van der Waals surface area contributed by atoms with Crippen LogP contribution < -0.4 is 0 Å². The Bertz CT molecular complexity index is 773. The van der Waals surface area contributed by atoms with Crippen LogP contribution in [0.5, 0.6) is 0 Å². The summed E-state index contributed by atoms with van der Waals surface area (Å²) in [5, 5.41) is 6.01. The SMILES string of the molecule is CCn1nc(C)c(Cl)c1Cn1ccc2cc(F)ccc21. The number of rotatable bonds is 3. The van der Waals surface area contributed by atoms with Gasteiger partial charge in [-0.1, -0.05) is 11.6 Å². The summed E-state index contributed by atoms with van der Waals surface area (Å²) in [4.78, 5) is 0. The zero-order valence-corrected chi connectivity index (χ0v) is 12.2. The van der Waals surface area contributed by atoms with Crippen LogP contribution in [0.25, 0.3) is 10.9 Å². The highest BCUT2D eigenvalue weighted by Crippen LogP contribution is 2.24.